The standard InChI is InChI=1S/C13H24N2/c1-11-3-2-8-15(9-11)10-13-6-4-12(14-13)5-7-13/h11-12,14H,2-10H2,1H3. The van der Waals surface area contributed by atoms with E-state index in [1.165, 1.54) is 58.2 Å². The van der Waals surface area contributed by atoms with Crippen LogP contribution in [-0.4, -0.2) is 36.1 Å². The normalized spacial score (nSPS) is 46.2. The largest absolute Gasteiger partial charge is 0.307 e. The monoisotopic (exact) mass is 208 g/mol. The second-order valence-corrected chi connectivity index (χ2v) is 6.18. The van der Waals surface area contributed by atoms with Crippen LogP contribution in [0.3, 0.4) is 0 Å². The first-order valence-corrected chi connectivity index (χ1v) is 6.76. The Morgan fingerprint density at radius 2 is 2.07 bits per heavy atom. The van der Waals surface area contributed by atoms with Crippen molar-refractivity contribution >= 4 is 0 Å². The summed E-state index contributed by atoms with van der Waals surface area (Å²) in [4.78, 5) is 2.72. The zero-order valence-electron chi connectivity index (χ0n) is 9.97. The molecule has 0 amide bonds. The van der Waals surface area contributed by atoms with Crippen LogP contribution >= 0.6 is 0 Å². The summed E-state index contributed by atoms with van der Waals surface area (Å²) in [6.07, 6.45) is 8.60. The molecule has 3 aliphatic heterocycles. The minimum Gasteiger partial charge on any atom is -0.307 e. The van der Waals surface area contributed by atoms with Gasteiger partial charge in [0.1, 0.15) is 0 Å². The van der Waals surface area contributed by atoms with Crippen molar-refractivity contribution < 1.29 is 0 Å². The molecule has 0 aliphatic carbocycles. The highest BCUT2D eigenvalue weighted by molar-refractivity contribution is 5.06. The lowest BCUT2D eigenvalue weighted by atomic mass is 9.86. The SMILES string of the molecule is CC1CCCN(CC23CCC(CC2)N3)C1. The molecule has 1 atom stereocenters. The van der Waals surface area contributed by atoms with Crippen molar-refractivity contribution in [2.75, 3.05) is 19.6 Å². The molecular weight excluding hydrogens is 184 g/mol. The third kappa shape index (κ3) is 1.94. The van der Waals surface area contributed by atoms with Gasteiger partial charge >= 0.3 is 0 Å². The van der Waals surface area contributed by atoms with Gasteiger partial charge in [-0.05, 0) is 51.0 Å². The number of rotatable bonds is 2. The maximum Gasteiger partial charge on any atom is 0.0312 e. The Morgan fingerprint density at radius 1 is 1.27 bits per heavy atom. The van der Waals surface area contributed by atoms with Crippen LogP contribution < -0.4 is 5.32 Å². The van der Waals surface area contributed by atoms with Crippen LogP contribution in [0.15, 0.2) is 0 Å². The highest BCUT2D eigenvalue weighted by atomic mass is 15.2. The summed E-state index contributed by atoms with van der Waals surface area (Å²) < 4.78 is 0. The summed E-state index contributed by atoms with van der Waals surface area (Å²) >= 11 is 0. The van der Waals surface area contributed by atoms with Crippen molar-refractivity contribution in [2.45, 2.75) is 57.0 Å². The van der Waals surface area contributed by atoms with Crippen molar-refractivity contribution in [1.82, 2.24) is 10.2 Å². The molecule has 3 saturated heterocycles. The van der Waals surface area contributed by atoms with Crippen LogP contribution in [0.25, 0.3) is 0 Å². The Bertz CT molecular complexity index is 231. The van der Waals surface area contributed by atoms with E-state index in [-0.39, 0.29) is 0 Å². The van der Waals surface area contributed by atoms with Crippen molar-refractivity contribution in [3.63, 3.8) is 0 Å². The van der Waals surface area contributed by atoms with E-state index in [0.29, 0.717) is 5.54 Å². The summed E-state index contributed by atoms with van der Waals surface area (Å²) in [6, 6.07) is 0.868. The fourth-order valence-corrected chi connectivity index (χ4v) is 3.95. The molecule has 2 nitrogen and oxygen atoms in total. The van der Waals surface area contributed by atoms with E-state index in [9.17, 15) is 0 Å². The molecule has 3 rings (SSSR count). The molecule has 0 radical (unpaired) electrons. The van der Waals surface area contributed by atoms with Crippen molar-refractivity contribution in [3.8, 4) is 0 Å². The van der Waals surface area contributed by atoms with E-state index in [0.717, 1.165) is 12.0 Å². The number of likely N-dealkylation sites (tertiary alicyclic amines) is 1. The van der Waals surface area contributed by atoms with Crippen LogP contribution in [-0.2, 0) is 0 Å². The van der Waals surface area contributed by atoms with E-state index < -0.39 is 0 Å². The van der Waals surface area contributed by atoms with Gasteiger partial charge in [-0.25, -0.2) is 0 Å². The second kappa shape index (κ2) is 3.74. The van der Waals surface area contributed by atoms with E-state index in [1.807, 2.05) is 0 Å². The molecular formula is C13H24N2. The van der Waals surface area contributed by atoms with Gasteiger partial charge in [0.25, 0.3) is 0 Å². The Kier molecular flexibility index (Phi) is 2.52. The summed E-state index contributed by atoms with van der Waals surface area (Å²) in [5.41, 5.74) is 0.529. The highest BCUT2D eigenvalue weighted by Crippen LogP contribution is 2.38. The van der Waals surface area contributed by atoms with Crippen LogP contribution in [0.4, 0.5) is 0 Å². The van der Waals surface area contributed by atoms with Gasteiger partial charge < -0.3 is 10.2 Å². The summed E-state index contributed by atoms with van der Waals surface area (Å²) in [5.74, 6) is 0.925. The van der Waals surface area contributed by atoms with Gasteiger partial charge in [0, 0.05) is 24.7 Å². The smallest absolute Gasteiger partial charge is 0.0312 e. The topological polar surface area (TPSA) is 15.3 Å². The molecule has 0 saturated carbocycles. The van der Waals surface area contributed by atoms with E-state index in [2.05, 4.69) is 17.1 Å². The zero-order chi connectivity index (χ0) is 10.3. The zero-order valence-corrected chi connectivity index (χ0v) is 9.97. The molecule has 3 heterocycles. The number of nitrogens with zero attached hydrogens (tertiary/aromatic N) is 1. The minimum atomic E-state index is 0.529. The Morgan fingerprint density at radius 3 is 2.67 bits per heavy atom. The third-order valence-corrected chi connectivity index (χ3v) is 4.72. The van der Waals surface area contributed by atoms with Crippen LogP contribution in [0.1, 0.15) is 45.4 Å². The van der Waals surface area contributed by atoms with E-state index in [4.69, 9.17) is 0 Å². The first-order valence-electron chi connectivity index (χ1n) is 6.76. The minimum absolute atomic E-state index is 0.529. The molecule has 86 valence electrons. The van der Waals surface area contributed by atoms with Crippen LogP contribution in [0, 0.1) is 5.92 Å². The number of piperidine rings is 1. The van der Waals surface area contributed by atoms with Gasteiger partial charge in [-0.1, -0.05) is 6.92 Å². The lowest BCUT2D eigenvalue weighted by Gasteiger charge is -2.37. The summed E-state index contributed by atoms with van der Waals surface area (Å²) in [5, 5.41) is 3.86. The lowest BCUT2D eigenvalue weighted by Crippen LogP contribution is -2.50. The molecule has 3 aliphatic rings. The fourth-order valence-electron chi connectivity index (χ4n) is 3.95. The molecule has 1 unspecified atom stereocenters. The number of hydrogen-bond acceptors (Lipinski definition) is 2. The maximum absolute atomic E-state index is 3.86. The van der Waals surface area contributed by atoms with Crippen molar-refractivity contribution in [2.24, 2.45) is 5.92 Å². The predicted octanol–water partition coefficient (Wildman–Crippen LogP) is 2.00. The average Bonchev–Trinajstić information content (AvgIpc) is 2.77. The Hall–Kier alpha value is -0.0800. The van der Waals surface area contributed by atoms with Gasteiger partial charge in [0.05, 0.1) is 0 Å². The molecule has 0 spiro atoms. The first kappa shape index (κ1) is 10.1. The molecule has 2 heteroatoms. The van der Waals surface area contributed by atoms with Gasteiger partial charge in [-0.3, -0.25) is 0 Å². The van der Waals surface area contributed by atoms with Crippen molar-refractivity contribution in [1.29, 1.82) is 0 Å². The van der Waals surface area contributed by atoms with E-state index in [1.54, 1.807) is 0 Å². The molecule has 0 aromatic carbocycles. The quantitative estimate of drug-likeness (QED) is 0.747. The highest BCUT2D eigenvalue weighted by Gasteiger charge is 2.45. The van der Waals surface area contributed by atoms with Crippen LogP contribution in [0.2, 0.25) is 0 Å². The maximum atomic E-state index is 3.86. The summed E-state index contributed by atoms with van der Waals surface area (Å²) in [6.45, 7) is 6.42. The number of hydrogen-bond donors (Lipinski definition) is 1. The Labute approximate surface area is 93.4 Å². The number of fused-ring (bicyclic) bond motifs is 2. The van der Waals surface area contributed by atoms with Gasteiger partial charge in [-0.2, -0.15) is 0 Å². The predicted molar refractivity (Wildman–Crippen MR) is 63.0 cm³/mol. The lowest BCUT2D eigenvalue weighted by molar-refractivity contribution is 0.139. The molecule has 0 aromatic rings. The number of nitrogens with one attached hydrogen (secondary N) is 1. The average molecular weight is 208 g/mol. The molecule has 0 aromatic heterocycles. The molecule has 3 fully saturated rings. The third-order valence-electron chi connectivity index (χ3n) is 4.72. The second-order valence-electron chi connectivity index (χ2n) is 6.18. The molecule has 15 heavy (non-hydrogen) atoms. The van der Waals surface area contributed by atoms with Crippen molar-refractivity contribution in [3.05, 3.63) is 0 Å². The van der Waals surface area contributed by atoms with E-state index >= 15 is 0 Å². The molecule has 2 bridgehead atoms. The van der Waals surface area contributed by atoms with Crippen LogP contribution in [0.5, 0.6) is 0 Å². The molecule has 1 N–H and O–H groups in total. The summed E-state index contributed by atoms with van der Waals surface area (Å²) in [7, 11) is 0. The fraction of sp³-hybridized carbons (Fsp3) is 1.00. The first-order chi connectivity index (χ1) is 7.26. The Balaban J connectivity index is 1.60. The van der Waals surface area contributed by atoms with Gasteiger partial charge in [0.2, 0.25) is 0 Å². The van der Waals surface area contributed by atoms with Gasteiger partial charge in [0.15, 0.2) is 0 Å². The van der Waals surface area contributed by atoms with Gasteiger partial charge in [-0.15, -0.1) is 0 Å².